The van der Waals surface area contributed by atoms with E-state index in [0.29, 0.717) is 25.6 Å². The van der Waals surface area contributed by atoms with E-state index in [-0.39, 0.29) is 17.7 Å². The van der Waals surface area contributed by atoms with Crippen molar-refractivity contribution in [3.63, 3.8) is 0 Å². The van der Waals surface area contributed by atoms with Crippen LogP contribution in [0.5, 0.6) is 0 Å². The highest BCUT2D eigenvalue weighted by Gasteiger charge is 2.41. The molecule has 1 aliphatic carbocycles. The first kappa shape index (κ1) is 16.8. The van der Waals surface area contributed by atoms with E-state index < -0.39 is 0 Å². The number of benzene rings is 1. The van der Waals surface area contributed by atoms with Crippen molar-refractivity contribution in [2.75, 3.05) is 13.1 Å². The summed E-state index contributed by atoms with van der Waals surface area (Å²) in [5.41, 5.74) is 5.53. The van der Waals surface area contributed by atoms with Gasteiger partial charge in [0.15, 0.2) is 0 Å². The standard InChI is InChI=1S/C22H27N3O2/c1-14-18(19-6-2-4-15-5-3-11-24(14)21(15)19)9-10-23-22(27)16-12-20(26)25(13-16)17-7-8-17/h2,4,6,16-17H,3,5,7-13H2,1H3,(H,23,27)/t16-/m1/s1. The van der Waals surface area contributed by atoms with Gasteiger partial charge < -0.3 is 14.8 Å². The highest BCUT2D eigenvalue weighted by Crippen LogP contribution is 2.34. The molecule has 2 amide bonds. The van der Waals surface area contributed by atoms with Crippen molar-refractivity contribution in [3.8, 4) is 0 Å². The van der Waals surface area contributed by atoms with Crippen molar-refractivity contribution in [3.05, 3.63) is 35.0 Å². The summed E-state index contributed by atoms with van der Waals surface area (Å²) in [6, 6.07) is 7.03. The molecule has 0 spiro atoms. The summed E-state index contributed by atoms with van der Waals surface area (Å²) >= 11 is 0. The number of nitrogens with one attached hydrogen (secondary N) is 1. The average Bonchev–Trinajstić information content (AvgIpc) is 3.39. The van der Waals surface area contributed by atoms with Crippen LogP contribution in [-0.2, 0) is 29.0 Å². The van der Waals surface area contributed by atoms with Crippen LogP contribution in [0.4, 0.5) is 0 Å². The van der Waals surface area contributed by atoms with Gasteiger partial charge >= 0.3 is 0 Å². The van der Waals surface area contributed by atoms with Gasteiger partial charge in [-0.1, -0.05) is 18.2 Å². The number of aromatic nitrogens is 1. The normalized spacial score (nSPS) is 21.9. The molecule has 1 atom stereocenters. The lowest BCUT2D eigenvalue weighted by Gasteiger charge is -2.16. The van der Waals surface area contributed by atoms with Crippen molar-refractivity contribution in [1.82, 2.24) is 14.8 Å². The Bertz CT molecular complexity index is 925. The molecule has 1 saturated heterocycles. The van der Waals surface area contributed by atoms with Gasteiger partial charge in [-0.05, 0) is 50.2 Å². The molecule has 0 radical (unpaired) electrons. The molecular formula is C22H27N3O2. The zero-order valence-corrected chi connectivity index (χ0v) is 16.0. The highest BCUT2D eigenvalue weighted by atomic mass is 16.2. The number of rotatable bonds is 5. The molecule has 5 heteroatoms. The number of amides is 2. The Morgan fingerprint density at radius 3 is 2.96 bits per heavy atom. The molecule has 0 unspecified atom stereocenters. The predicted molar refractivity (Wildman–Crippen MR) is 105 cm³/mol. The summed E-state index contributed by atoms with van der Waals surface area (Å²) in [6.07, 6.45) is 5.79. The molecule has 3 heterocycles. The first-order valence-corrected chi connectivity index (χ1v) is 10.3. The lowest BCUT2D eigenvalue weighted by molar-refractivity contribution is -0.129. The number of likely N-dealkylation sites (tertiary alicyclic amines) is 1. The van der Waals surface area contributed by atoms with Gasteiger partial charge in [0, 0.05) is 43.2 Å². The second kappa shape index (κ2) is 6.39. The number of hydrogen-bond acceptors (Lipinski definition) is 2. The van der Waals surface area contributed by atoms with Crippen LogP contribution in [0.2, 0.25) is 0 Å². The number of carbonyl (C=O) groups excluding carboxylic acids is 2. The van der Waals surface area contributed by atoms with Crippen molar-refractivity contribution in [2.24, 2.45) is 5.92 Å². The summed E-state index contributed by atoms with van der Waals surface area (Å²) in [5.74, 6) is 0.0228. The minimum Gasteiger partial charge on any atom is -0.355 e. The monoisotopic (exact) mass is 365 g/mol. The maximum Gasteiger partial charge on any atom is 0.225 e. The van der Waals surface area contributed by atoms with Crippen LogP contribution in [-0.4, -0.2) is 40.4 Å². The van der Waals surface area contributed by atoms with Crippen LogP contribution in [0.1, 0.15) is 42.5 Å². The van der Waals surface area contributed by atoms with Crippen LogP contribution in [0.25, 0.3) is 10.9 Å². The smallest absolute Gasteiger partial charge is 0.225 e. The van der Waals surface area contributed by atoms with Crippen LogP contribution in [0, 0.1) is 12.8 Å². The van der Waals surface area contributed by atoms with Crippen LogP contribution >= 0.6 is 0 Å². The largest absolute Gasteiger partial charge is 0.355 e. The van der Waals surface area contributed by atoms with E-state index >= 15 is 0 Å². The second-order valence-electron chi connectivity index (χ2n) is 8.35. The van der Waals surface area contributed by atoms with Crippen molar-refractivity contribution >= 4 is 22.7 Å². The Balaban J connectivity index is 1.26. The van der Waals surface area contributed by atoms with E-state index in [4.69, 9.17) is 0 Å². The van der Waals surface area contributed by atoms with Gasteiger partial charge in [0.05, 0.1) is 11.4 Å². The van der Waals surface area contributed by atoms with Crippen LogP contribution in [0.3, 0.4) is 0 Å². The topological polar surface area (TPSA) is 54.3 Å². The van der Waals surface area contributed by atoms with Gasteiger partial charge in [-0.25, -0.2) is 0 Å². The molecule has 5 nitrogen and oxygen atoms in total. The van der Waals surface area contributed by atoms with E-state index in [1.54, 1.807) is 0 Å². The lowest BCUT2D eigenvalue weighted by Crippen LogP contribution is -2.34. The Morgan fingerprint density at radius 2 is 2.15 bits per heavy atom. The molecule has 2 aliphatic heterocycles. The van der Waals surface area contributed by atoms with Gasteiger partial charge in [-0.15, -0.1) is 0 Å². The number of nitrogens with zero attached hydrogens (tertiary/aromatic N) is 2. The molecule has 1 saturated carbocycles. The van der Waals surface area contributed by atoms with Gasteiger partial charge in [-0.3, -0.25) is 9.59 Å². The van der Waals surface area contributed by atoms with E-state index in [2.05, 4.69) is 35.0 Å². The first-order valence-electron chi connectivity index (χ1n) is 10.3. The zero-order chi connectivity index (χ0) is 18.5. The van der Waals surface area contributed by atoms with E-state index in [0.717, 1.165) is 32.2 Å². The molecule has 142 valence electrons. The maximum atomic E-state index is 12.5. The number of aryl methyl sites for hydroxylation is 2. The van der Waals surface area contributed by atoms with E-state index in [1.807, 2.05) is 4.90 Å². The fourth-order valence-corrected chi connectivity index (χ4v) is 5.00. The SMILES string of the molecule is Cc1c(CCNC(=O)[C@@H]2CC(=O)N(C3CC3)C2)c2cccc3c2n1CCC3. The van der Waals surface area contributed by atoms with Crippen molar-refractivity contribution in [1.29, 1.82) is 0 Å². The number of hydrogen-bond donors (Lipinski definition) is 1. The highest BCUT2D eigenvalue weighted by molar-refractivity contribution is 5.90. The summed E-state index contributed by atoms with van der Waals surface area (Å²) in [6.45, 7) is 4.54. The Morgan fingerprint density at radius 1 is 1.30 bits per heavy atom. The molecule has 2 aromatic rings. The molecule has 0 bridgehead atoms. The minimum absolute atomic E-state index is 0.0397. The predicted octanol–water partition coefficient (Wildman–Crippen LogP) is 2.57. The Hall–Kier alpha value is -2.30. The molecule has 3 aliphatic rings. The van der Waals surface area contributed by atoms with Crippen LogP contribution < -0.4 is 5.32 Å². The van der Waals surface area contributed by atoms with E-state index in [9.17, 15) is 9.59 Å². The second-order valence-corrected chi connectivity index (χ2v) is 8.35. The van der Waals surface area contributed by atoms with E-state index in [1.165, 1.54) is 34.1 Å². The quantitative estimate of drug-likeness (QED) is 0.885. The molecular weight excluding hydrogens is 338 g/mol. The van der Waals surface area contributed by atoms with Gasteiger partial charge in [0.1, 0.15) is 0 Å². The third kappa shape index (κ3) is 2.84. The number of carbonyl (C=O) groups is 2. The summed E-state index contributed by atoms with van der Waals surface area (Å²) in [4.78, 5) is 26.5. The summed E-state index contributed by atoms with van der Waals surface area (Å²) in [7, 11) is 0. The zero-order valence-electron chi connectivity index (χ0n) is 16.0. The molecule has 1 N–H and O–H groups in total. The molecule has 1 aromatic heterocycles. The average molecular weight is 365 g/mol. The molecule has 1 aromatic carbocycles. The molecule has 5 rings (SSSR count). The minimum atomic E-state index is -0.172. The fraction of sp³-hybridized carbons (Fsp3) is 0.545. The van der Waals surface area contributed by atoms with Crippen molar-refractivity contribution in [2.45, 2.75) is 58.0 Å². The van der Waals surface area contributed by atoms with Crippen LogP contribution in [0.15, 0.2) is 18.2 Å². The third-order valence-electron chi connectivity index (χ3n) is 6.58. The lowest BCUT2D eigenvalue weighted by atomic mass is 10.0. The van der Waals surface area contributed by atoms with Gasteiger partial charge in [0.2, 0.25) is 11.8 Å². The Kier molecular flexibility index (Phi) is 3.99. The maximum absolute atomic E-state index is 12.5. The molecule has 2 fully saturated rings. The first-order chi connectivity index (χ1) is 13.1. The number of para-hydroxylation sites is 1. The third-order valence-corrected chi connectivity index (χ3v) is 6.58. The Labute approximate surface area is 159 Å². The van der Waals surface area contributed by atoms with Crippen molar-refractivity contribution < 1.29 is 9.59 Å². The van der Waals surface area contributed by atoms with Gasteiger partial charge in [0.25, 0.3) is 0 Å². The summed E-state index contributed by atoms with van der Waals surface area (Å²) in [5, 5.41) is 4.44. The molecule has 27 heavy (non-hydrogen) atoms. The fourth-order valence-electron chi connectivity index (χ4n) is 5.00. The summed E-state index contributed by atoms with van der Waals surface area (Å²) < 4.78 is 2.45. The van der Waals surface area contributed by atoms with Gasteiger partial charge in [-0.2, -0.15) is 0 Å².